The van der Waals surface area contributed by atoms with Crippen LogP contribution >= 0.6 is 11.3 Å². The van der Waals surface area contributed by atoms with E-state index < -0.39 is 0 Å². The Balaban J connectivity index is 1.79. The summed E-state index contributed by atoms with van der Waals surface area (Å²) in [5, 5.41) is 6.00. The van der Waals surface area contributed by atoms with Crippen molar-refractivity contribution in [2.45, 2.75) is 19.9 Å². The highest BCUT2D eigenvalue weighted by atomic mass is 32.1. The molecule has 0 fully saturated rings. The molecule has 0 aliphatic heterocycles. The van der Waals surface area contributed by atoms with E-state index in [1.54, 1.807) is 17.5 Å². The smallest absolute Gasteiger partial charge is 0.246 e. The summed E-state index contributed by atoms with van der Waals surface area (Å²) >= 11 is 1.60. The molecule has 2 aromatic carbocycles. The summed E-state index contributed by atoms with van der Waals surface area (Å²) in [5.74, 6) is -0.0121. The maximum Gasteiger partial charge on any atom is 0.246 e. The van der Waals surface area contributed by atoms with E-state index in [9.17, 15) is 4.79 Å². The molecule has 1 atom stereocenters. The van der Waals surface area contributed by atoms with E-state index in [0.717, 1.165) is 34.9 Å². The number of amides is 1. The molecule has 1 unspecified atom stereocenters. The molecule has 0 saturated carbocycles. The first kappa shape index (κ1) is 18.3. The van der Waals surface area contributed by atoms with Crippen LogP contribution in [0.15, 0.2) is 66.2 Å². The quantitative estimate of drug-likeness (QED) is 0.652. The summed E-state index contributed by atoms with van der Waals surface area (Å²) in [4.78, 5) is 19.5. The number of hydrogen-bond donors (Lipinski definition) is 1. The van der Waals surface area contributed by atoms with Gasteiger partial charge in [-0.05, 0) is 42.9 Å². The lowest BCUT2D eigenvalue weighted by atomic mass is 10.0. The number of aromatic nitrogens is 1. The molecule has 0 radical (unpaired) electrons. The van der Waals surface area contributed by atoms with Gasteiger partial charge in [-0.3, -0.25) is 9.69 Å². The van der Waals surface area contributed by atoms with Crippen molar-refractivity contribution >= 4 is 22.9 Å². The number of anilines is 1. The molecule has 1 amide bonds. The van der Waals surface area contributed by atoms with Crippen molar-refractivity contribution in [3.05, 3.63) is 71.7 Å². The van der Waals surface area contributed by atoms with E-state index in [2.05, 4.69) is 29.0 Å². The number of likely N-dealkylation sites (N-methyl/N-ethyl adjacent to an activating group) is 1. The Kier molecular flexibility index (Phi) is 6.15. The molecule has 1 N–H and O–H groups in total. The fourth-order valence-electron chi connectivity index (χ4n) is 3.02. The standard InChI is InChI=1S/C21H23N3OS/c1-3-24(4-2)19(16-8-6-5-7-9-16)20(25)23-18-12-10-17(11-13-18)21-22-14-15-26-21/h5-15,19H,3-4H2,1-2H3,(H,23,25). The van der Waals surface area contributed by atoms with Gasteiger partial charge in [-0.15, -0.1) is 11.3 Å². The van der Waals surface area contributed by atoms with Gasteiger partial charge in [0.25, 0.3) is 0 Å². The highest BCUT2D eigenvalue weighted by Crippen LogP contribution is 2.25. The van der Waals surface area contributed by atoms with E-state index in [1.165, 1.54) is 0 Å². The predicted octanol–water partition coefficient (Wildman–Crippen LogP) is 4.83. The summed E-state index contributed by atoms with van der Waals surface area (Å²) in [7, 11) is 0. The van der Waals surface area contributed by atoms with Crippen molar-refractivity contribution in [1.29, 1.82) is 0 Å². The van der Waals surface area contributed by atoms with Gasteiger partial charge in [-0.25, -0.2) is 4.98 Å². The first-order valence-electron chi connectivity index (χ1n) is 8.82. The maximum atomic E-state index is 13.0. The number of hydrogen-bond acceptors (Lipinski definition) is 4. The fraction of sp³-hybridized carbons (Fsp3) is 0.238. The van der Waals surface area contributed by atoms with Crippen LogP contribution in [0, 0.1) is 0 Å². The van der Waals surface area contributed by atoms with Crippen LogP contribution in [-0.4, -0.2) is 28.9 Å². The Labute approximate surface area is 158 Å². The molecule has 0 aliphatic carbocycles. The van der Waals surface area contributed by atoms with E-state index in [4.69, 9.17) is 0 Å². The van der Waals surface area contributed by atoms with Crippen molar-refractivity contribution in [1.82, 2.24) is 9.88 Å². The fourth-order valence-corrected chi connectivity index (χ4v) is 3.67. The Morgan fingerprint density at radius 1 is 1.08 bits per heavy atom. The van der Waals surface area contributed by atoms with Crippen molar-refractivity contribution in [3.8, 4) is 10.6 Å². The van der Waals surface area contributed by atoms with Crippen LogP contribution in [0.2, 0.25) is 0 Å². The average molecular weight is 366 g/mol. The van der Waals surface area contributed by atoms with Crippen molar-refractivity contribution in [3.63, 3.8) is 0 Å². The van der Waals surface area contributed by atoms with Crippen LogP contribution in [-0.2, 0) is 4.79 Å². The largest absolute Gasteiger partial charge is 0.324 e. The zero-order chi connectivity index (χ0) is 18.4. The number of thiazole rings is 1. The summed E-state index contributed by atoms with van der Waals surface area (Å²) in [6, 6.07) is 17.5. The van der Waals surface area contributed by atoms with E-state index >= 15 is 0 Å². The van der Waals surface area contributed by atoms with Gasteiger partial charge in [0, 0.05) is 22.8 Å². The molecule has 3 rings (SSSR count). The van der Waals surface area contributed by atoms with Crippen molar-refractivity contribution < 1.29 is 4.79 Å². The molecule has 3 aromatic rings. The second kappa shape index (κ2) is 8.74. The van der Waals surface area contributed by atoms with Gasteiger partial charge in [0.05, 0.1) is 0 Å². The SMILES string of the molecule is CCN(CC)C(C(=O)Nc1ccc(-c2nccs2)cc1)c1ccccc1. The number of rotatable bonds is 7. The second-order valence-corrected chi connectivity index (χ2v) is 6.83. The number of carbonyl (C=O) groups excluding carboxylic acids is 1. The number of nitrogens with one attached hydrogen (secondary N) is 1. The van der Waals surface area contributed by atoms with Gasteiger partial charge in [-0.2, -0.15) is 0 Å². The lowest BCUT2D eigenvalue weighted by Crippen LogP contribution is -2.37. The molecule has 26 heavy (non-hydrogen) atoms. The van der Waals surface area contributed by atoms with Gasteiger partial charge >= 0.3 is 0 Å². The first-order valence-corrected chi connectivity index (χ1v) is 9.70. The van der Waals surface area contributed by atoms with Crippen molar-refractivity contribution in [2.24, 2.45) is 0 Å². The van der Waals surface area contributed by atoms with Crippen LogP contribution in [0.25, 0.3) is 10.6 Å². The molecule has 0 bridgehead atoms. The summed E-state index contributed by atoms with van der Waals surface area (Å²) in [5.41, 5.74) is 2.86. The topological polar surface area (TPSA) is 45.2 Å². The molecule has 4 nitrogen and oxygen atoms in total. The van der Waals surface area contributed by atoms with E-state index in [0.29, 0.717) is 0 Å². The third kappa shape index (κ3) is 4.18. The highest BCUT2D eigenvalue weighted by Gasteiger charge is 2.25. The molecule has 134 valence electrons. The summed E-state index contributed by atoms with van der Waals surface area (Å²) in [6.07, 6.45) is 1.80. The predicted molar refractivity (Wildman–Crippen MR) is 108 cm³/mol. The minimum atomic E-state index is -0.301. The normalized spacial score (nSPS) is 12.1. The Morgan fingerprint density at radius 2 is 1.77 bits per heavy atom. The Bertz CT molecular complexity index is 812. The first-order chi connectivity index (χ1) is 12.7. The molecule has 1 aromatic heterocycles. The zero-order valence-electron chi connectivity index (χ0n) is 15.1. The molecular formula is C21H23N3OS. The molecule has 5 heteroatoms. The number of carbonyl (C=O) groups is 1. The Hall–Kier alpha value is -2.50. The highest BCUT2D eigenvalue weighted by molar-refractivity contribution is 7.13. The van der Waals surface area contributed by atoms with Gasteiger partial charge < -0.3 is 5.32 Å². The number of nitrogens with zero attached hydrogens (tertiary/aromatic N) is 2. The van der Waals surface area contributed by atoms with Crippen LogP contribution < -0.4 is 5.32 Å². The zero-order valence-corrected chi connectivity index (χ0v) is 15.9. The Morgan fingerprint density at radius 3 is 2.35 bits per heavy atom. The van der Waals surface area contributed by atoms with Crippen LogP contribution in [0.5, 0.6) is 0 Å². The van der Waals surface area contributed by atoms with Crippen LogP contribution in [0.3, 0.4) is 0 Å². The lowest BCUT2D eigenvalue weighted by molar-refractivity contribution is -0.121. The molecule has 0 saturated heterocycles. The van der Waals surface area contributed by atoms with E-state index in [1.807, 2.05) is 60.0 Å². The monoisotopic (exact) mass is 365 g/mol. The molecular weight excluding hydrogens is 342 g/mol. The van der Waals surface area contributed by atoms with Crippen molar-refractivity contribution in [2.75, 3.05) is 18.4 Å². The molecule has 1 heterocycles. The third-order valence-electron chi connectivity index (χ3n) is 4.37. The number of benzene rings is 2. The summed E-state index contributed by atoms with van der Waals surface area (Å²) in [6.45, 7) is 5.78. The minimum absolute atomic E-state index is 0.0121. The third-order valence-corrected chi connectivity index (χ3v) is 5.20. The van der Waals surface area contributed by atoms with Gasteiger partial charge in [0.15, 0.2) is 0 Å². The minimum Gasteiger partial charge on any atom is -0.324 e. The van der Waals surface area contributed by atoms with E-state index in [-0.39, 0.29) is 11.9 Å². The van der Waals surface area contributed by atoms with Crippen LogP contribution in [0.1, 0.15) is 25.5 Å². The lowest BCUT2D eigenvalue weighted by Gasteiger charge is -2.29. The maximum absolute atomic E-state index is 13.0. The van der Waals surface area contributed by atoms with Gasteiger partial charge in [-0.1, -0.05) is 44.2 Å². The van der Waals surface area contributed by atoms with Gasteiger partial charge in [0.2, 0.25) is 5.91 Å². The van der Waals surface area contributed by atoms with Crippen LogP contribution in [0.4, 0.5) is 5.69 Å². The second-order valence-electron chi connectivity index (χ2n) is 5.94. The average Bonchev–Trinajstić information content (AvgIpc) is 3.22. The molecule has 0 aliphatic rings. The molecule has 0 spiro atoms. The summed E-state index contributed by atoms with van der Waals surface area (Å²) < 4.78 is 0. The van der Waals surface area contributed by atoms with Gasteiger partial charge in [0.1, 0.15) is 11.0 Å².